The second kappa shape index (κ2) is 10.6. The monoisotopic (exact) mass is 620 g/mol. The molecule has 0 N–H and O–H groups in total. The van der Waals surface area contributed by atoms with E-state index < -0.39 is 10.9 Å². The molecule has 1 aliphatic heterocycles. The molecular weight excluding hydrogens is 608 g/mol. The molecular formula is C24H15Br2ClN2O6. The molecule has 11 heteroatoms. The van der Waals surface area contributed by atoms with Crippen LogP contribution in [0.5, 0.6) is 11.5 Å². The lowest BCUT2D eigenvalue weighted by atomic mass is 10.1. The molecule has 0 amide bonds. The molecule has 0 saturated heterocycles. The van der Waals surface area contributed by atoms with Crippen LogP contribution in [-0.4, -0.2) is 23.9 Å². The fourth-order valence-corrected chi connectivity index (χ4v) is 4.21. The Hall–Kier alpha value is -3.21. The quantitative estimate of drug-likeness (QED) is 0.126. The Balaban J connectivity index is 1.61. The number of halogens is 3. The fraction of sp³-hybridized carbons (Fsp3) is 0.0833. The predicted octanol–water partition coefficient (Wildman–Crippen LogP) is 6.71. The van der Waals surface area contributed by atoms with Gasteiger partial charge in [-0.2, -0.15) is 0 Å². The van der Waals surface area contributed by atoms with Gasteiger partial charge in [-0.15, -0.1) is 0 Å². The predicted molar refractivity (Wildman–Crippen MR) is 138 cm³/mol. The molecule has 3 aromatic carbocycles. The average Bonchev–Trinajstić information content (AvgIpc) is 3.19. The molecule has 3 aromatic rings. The lowest BCUT2D eigenvalue weighted by Gasteiger charge is -2.14. The number of hydrogen-bond donors (Lipinski definition) is 0. The Labute approximate surface area is 221 Å². The molecule has 0 spiro atoms. The Kier molecular flexibility index (Phi) is 7.54. The van der Waals surface area contributed by atoms with Crippen LogP contribution in [0.2, 0.25) is 5.02 Å². The van der Waals surface area contributed by atoms with Crippen molar-refractivity contribution in [3.05, 3.63) is 101 Å². The lowest BCUT2D eigenvalue weighted by Crippen LogP contribution is -2.06. The van der Waals surface area contributed by atoms with Gasteiger partial charge in [-0.1, -0.05) is 39.7 Å². The van der Waals surface area contributed by atoms with Gasteiger partial charge >= 0.3 is 5.97 Å². The van der Waals surface area contributed by atoms with E-state index in [4.69, 9.17) is 25.8 Å². The fourth-order valence-electron chi connectivity index (χ4n) is 3.17. The third-order valence-electron chi connectivity index (χ3n) is 4.86. The van der Waals surface area contributed by atoms with Crippen LogP contribution in [0.15, 0.2) is 74.2 Å². The van der Waals surface area contributed by atoms with Crippen molar-refractivity contribution < 1.29 is 23.9 Å². The summed E-state index contributed by atoms with van der Waals surface area (Å²) >= 11 is 13.0. The van der Waals surface area contributed by atoms with Crippen LogP contribution in [0.25, 0.3) is 6.08 Å². The Morgan fingerprint density at radius 1 is 1.14 bits per heavy atom. The first-order valence-electron chi connectivity index (χ1n) is 9.97. The van der Waals surface area contributed by atoms with Crippen molar-refractivity contribution in [2.24, 2.45) is 4.99 Å². The number of non-ortho nitro benzene ring substituents is 1. The third kappa shape index (κ3) is 5.72. The molecule has 0 aromatic heterocycles. The van der Waals surface area contributed by atoms with Gasteiger partial charge in [0.25, 0.3) is 5.69 Å². The highest BCUT2D eigenvalue weighted by Gasteiger charge is 2.27. The number of ether oxygens (including phenoxy) is 3. The van der Waals surface area contributed by atoms with E-state index in [-0.39, 0.29) is 27.9 Å². The van der Waals surface area contributed by atoms with Crippen LogP contribution in [0.1, 0.15) is 16.7 Å². The summed E-state index contributed by atoms with van der Waals surface area (Å²) in [6.07, 6.45) is 1.51. The van der Waals surface area contributed by atoms with Crippen molar-refractivity contribution in [2.75, 3.05) is 7.11 Å². The average molecular weight is 623 g/mol. The van der Waals surface area contributed by atoms with Crippen LogP contribution < -0.4 is 9.47 Å². The number of nitro groups is 1. The van der Waals surface area contributed by atoms with Crippen molar-refractivity contribution in [1.82, 2.24) is 0 Å². The highest BCUT2D eigenvalue weighted by Crippen LogP contribution is 2.38. The topological polar surface area (TPSA) is 100 Å². The maximum atomic E-state index is 12.4. The summed E-state index contributed by atoms with van der Waals surface area (Å²) in [4.78, 5) is 27.1. The SMILES string of the molecule is COc1cc(/C=C2\N=C(c3cc([N+](=O)[O-])ccc3Cl)OC2=O)cc(Br)c1OCc1ccc(Br)cc1. The number of nitro benzene ring substituents is 1. The number of hydrogen-bond acceptors (Lipinski definition) is 7. The second-order valence-electron chi connectivity index (χ2n) is 7.21. The number of carbonyl (C=O) groups excluding carboxylic acids is 1. The number of methoxy groups -OCH3 is 1. The number of carbonyl (C=O) groups is 1. The summed E-state index contributed by atoms with van der Waals surface area (Å²) in [6, 6.07) is 15.0. The molecule has 1 heterocycles. The molecule has 0 bridgehead atoms. The standard InChI is InChI=1S/C24H15Br2ClN2O6/c1-33-21-10-14(8-18(26)22(21)34-12-13-2-4-15(25)5-3-13)9-20-24(30)35-23(28-20)17-11-16(29(31)32)6-7-19(17)27/h2-11H,12H2,1H3/b20-9-. The number of cyclic esters (lactones) is 1. The van der Waals surface area contributed by atoms with Crippen LogP contribution in [0, 0.1) is 10.1 Å². The van der Waals surface area contributed by atoms with Crippen molar-refractivity contribution in [3.63, 3.8) is 0 Å². The van der Waals surface area contributed by atoms with Crippen molar-refractivity contribution >= 4 is 67.1 Å². The summed E-state index contributed by atoms with van der Waals surface area (Å²) in [6.45, 7) is 0.326. The summed E-state index contributed by atoms with van der Waals surface area (Å²) in [5.41, 5.74) is 1.51. The van der Waals surface area contributed by atoms with Crippen LogP contribution in [-0.2, 0) is 16.1 Å². The van der Waals surface area contributed by atoms with Gasteiger partial charge in [0.1, 0.15) is 6.61 Å². The van der Waals surface area contributed by atoms with E-state index >= 15 is 0 Å². The maximum Gasteiger partial charge on any atom is 0.363 e. The number of rotatable bonds is 7. The zero-order chi connectivity index (χ0) is 25.1. The zero-order valence-electron chi connectivity index (χ0n) is 18.0. The van der Waals surface area contributed by atoms with Gasteiger partial charge in [0.15, 0.2) is 17.2 Å². The molecule has 35 heavy (non-hydrogen) atoms. The Morgan fingerprint density at radius 2 is 1.89 bits per heavy atom. The minimum atomic E-state index is -0.715. The molecule has 0 atom stereocenters. The normalized spacial score (nSPS) is 14.0. The van der Waals surface area contributed by atoms with Gasteiger partial charge in [0.2, 0.25) is 5.90 Å². The molecule has 1 aliphatic rings. The molecule has 0 radical (unpaired) electrons. The number of aliphatic imine (C=N–C) groups is 1. The van der Waals surface area contributed by atoms with Gasteiger partial charge in [0.05, 0.1) is 27.1 Å². The molecule has 8 nitrogen and oxygen atoms in total. The summed E-state index contributed by atoms with van der Waals surface area (Å²) < 4.78 is 18.2. The van der Waals surface area contributed by atoms with Crippen LogP contribution >= 0.6 is 43.5 Å². The van der Waals surface area contributed by atoms with Crippen molar-refractivity contribution in [2.45, 2.75) is 6.61 Å². The van der Waals surface area contributed by atoms with Gasteiger partial charge in [-0.05, 0) is 63.5 Å². The van der Waals surface area contributed by atoms with Gasteiger partial charge < -0.3 is 14.2 Å². The molecule has 0 fully saturated rings. The zero-order valence-corrected chi connectivity index (χ0v) is 21.9. The largest absolute Gasteiger partial charge is 0.493 e. The molecule has 178 valence electrons. The second-order valence-corrected chi connectivity index (χ2v) is 9.38. The van der Waals surface area contributed by atoms with Gasteiger partial charge in [-0.25, -0.2) is 9.79 Å². The van der Waals surface area contributed by atoms with Crippen molar-refractivity contribution in [3.8, 4) is 11.5 Å². The minimum Gasteiger partial charge on any atom is -0.493 e. The van der Waals surface area contributed by atoms with Gasteiger partial charge in [0, 0.05) is 16.6 Å². The van der Waals surface area contributed by atoms with E-state index in [1.807, 2.05) is 24.3 Å². The summed E-state index contributed by atoms with van der Waals surface area (Å²) in [5, 5.41) is 11.3. The van der Waals surface area contributed by atoms with E-state index in [2.05, 4.69) is 36.9 Å². The number of nitrogens with zero attached hydrogens (tertiary/aromatic N) is 2. The maximum absolute atomic E-state index is 12.4. The number of esters is 1. The van der Waals surface area contributed by atoms with Gasteiger partial charge in [-0.3, -0.25) is 10.1 Å². The molecule has 0 aliphatic carbocycles. The molecule has 0 unspecified atom stereocenters. The molecule has 0 saturated carbocycles. The highest BCUT2D eigenvalue weighted by atomic mass is 79.9. The first-order valence-corrected chi connectivity index (χ1v) is 11.9. The smallest absolute Gasteiger partial charge is 0.363 e. The summed E-state index contributed by atoms with van der Waals surface area (Å²) in [5.74, 6) is 0.114. The highest BCUT2D eigenvalue weighted by molar-refractivity contribution is 9.10. The van der Waals surface area contributed by atoms with E-state index in [1.165, 1.54) is 31.4 Å². The van der Waals surface area contributed by atoms with E-state index in [0.29, 0.717) is 28.1 Å². The van der Waals surface area contributed by atoms with E-state index in [1.54, 1.807) is 12.1 Å². The summed E-state index contributed by atoms with van der Waals surface area (Å²) in [7, 11) is 1.51. The minimum absolute atomic E-state index is 0.0000525. The van der Waals surface area contributed by atoms with Crippen molar-refractivity contribution in [1.29, 1.82) is 0 Å². The van der Waals surface area contributed by atoms with Crippen LogP contribution in [0.4, 0.5) is 5.69 Å². The lowest BCUT2D eigenvalue weighted by molar-refractivity contribution is -0.384. The van der Waals surface area contributed by atoms with Crippen LogP contribution in [0.3, 0.4) is 0 Å². The number of benzene rings is 3. The van der Waals surface area contributed by atoms with E-state index in [9.17, 15) is 14.9 Å². The third-order valence-corrected chi connectivity index (χ3v) is 6.31. The molecule has 4 rings (SSSR count). The van der Waals surface area contributed by atoms with E-state index in [0.717, 1.165) is 10.0 Å². The first-order chi connectivity index (χ1) is 16.7. The Bertz CT molecular complexity index is 1390. The first kappa shape index (κ1) is 24.9. The Morgan fingerprint density at radius 3 is 2.57 bits per heavy atom.